The van der Waals surface area contributed by atoms with E-state index in [2.05, 4.69) is 27.3 Å². The van der Waals surface area contributed by atoms with Crippen LogP contribution >= 0.6 is 0 Å². The van der Waals surface area contributed by atoms with E-state index in [0.29, 0.717) is 53.4 Å². The topological polar surface area (TPSA) is 117 Å². The van der Waals surface area contributed by atoms with Gasteiger partial charge in [0.1, 0.15) is 35.0 Å². The van der Waals surface area contributed by atoms with Crippen LogP contribution in [0, 0.1) is 18.2 Å². The van der Waals surface area contributed by atoms with Gasteiger partial charge in [-0.1, -0.05) is 12.0 Å². The molecule has 3 aliphatic heterocycles. The fourth-order valence-corrected chi connectivity index (χ4v) is 8.24. The summed E-state index contributed by atoms with van der Waals surface area (Å²) in [5.41, 5.74) is 0.645. The molecule has 5 heterocycles. The highest BCUT2D eigenvalue weighted by atomic mass is 19.1. The monoisotopic (exact) mass is 741 g/mol. The molecule has 1 amide bonds. The first kappa shape index (κ1) is 36.1. The second-order valence-corrected chi connectivity index (χ2v) is 15.9. The third-order valence-corrected chi connectivity index (χ3v) is 11.1. The Labute approximate surface area is 314 Å². The molecule has 4 aliphatic rings. The normalized spacial score (nSPS) is 21.8. The van der Waals surface area contributed by atoms with Crippen LogP contribution in [0.3, 0.4) is 0 Å². The largest absolute Gasteiger partial charge is 0.467 e. The minimum Gasteiger partial charge on any atom is -0.467 e. The van der Waals surface area contributed by atoms with Crippen LogP contribution in [0.25, 0.3) is 21.9 Å². The number of fused-ring (bicyclic) bond motifs is 4. The molecule has 2 aromatic heterocycles. The van der Waals surface area contributed by atoms with E-state index < -0.39 is 11.4 Å². The van der Waals surface area contributed by atoms with Gasteiger partial charge in [-0.15, -0.1) is 6.42 Å². The molecular formula is C40H48FN7O6. The number of rotatable bonds is 10. The SMILES string of the molecule is C#Cc1c(F)ccc2cc(OCOC)cc(Oc3nc4nc(OC[C@@H]5CCCN5C)nc(N5CC6CCC(C5)N6C(=O)OC(C)(C)C)c4n3C3CCC3)c12. The number of ether oxygens (including phenoxy) is 5. The molecule has 3 atom stereocenters. The zero-order chi connectivity index (χ0) is 37.7. The molecule has 4 fully saturated rings. The molecule has 0 radical (unpaired) electrons. The molecule has 4 aromatic rings. The van der Waals surface area contributed by atoms with E-state index in [-0.39, 0.29) is 54.6 Å². The summed E-state index contributed by atoms with van der Waals surface area (Å²) in [5.74, 6) is 3.43. The molecule has 2 bridgehead atoms. The molecule has 3 saturated heterocycles. The number of likely N-dealkylation sites (tertiary alicyclic amines) is 1. The van der Waals surface area contributed by atoms with Crippen LogP contribution in [0.15, 0.2) is 24.3 Å². The summed E-state index contributed by atoms with van der Waals surface area (Å²) in [6.07, 6.45) is 12.3. The van der Waals surface area contributed by atoms with Gasteiger partial charge in [0, 0.05) is 43.7 Å². The number of halogens is 1. The quantitative estimate of drug-likeness (QED) is 0.128. The number of nitrogens with zero attached hydrogens (tertiary/aromatic N) is 7. The van der Waals surface area contributed by atoms with Crippen LogP contribution < -0.4 is 19.1 Å². The lowest BCUT2D eigenvalue weighted by molar-refractivity contribution is 0.0122. The van der Waals surface area contributed by atoms with Gasteiger partial charge in [-0.2, -0.15) is 15.0 Å². The molecule has 1 aliphatic carbocycles. The highest BCUT2D eigenvalue weighted by Gasteiger charge is 2.45. The highest BCUT2D eigenvalue weighted by molar-refractivity contribution is 5.95. The lowest BCUT2D eigenvalue weighted by Gasteiger charge is -2.42. The number of piperazine rings is 1. The third kappa shape index (κ3) is 6.84. The number of hydrogen-bond donors (Lipinski definition) is 0. The van der Waals surface area contributed by atoms with Crippen molar-refractivity contribution in [2.75, 3.05) is 52.1 Å². The van der Waals surface area contributed by atoms with Crippen LogP contribution in [0.4, 0.5) is 15.0 Å². The average Bonchev–Trinajstić information content (AvgIpc) is 3.76. The Morgan fingerprint density at radius 2 is 1.78 bits per heavy atom. The molecule has 54 heavy (non-hydrogen) atoms. The van der Waals surface area contributed by atoms with Gasteiger partial charge in [0.2, 0.25) is 0 Å². The van der Waals surface area contributed by atoms with Gasteiger partial charge in [-0.3, -0.25) is 9.47 Å². The lowest BCUT2D eigenvalue weighted by atomic mass is 9.93. The molecule has 2 unspecified atom stereocenters. The summed E-state index contributed by atoms with van der Waals surface area (Å²) in [6.45, 7) is 8.28. The number of benzene rings is 2. The summed E-state index contributed by atoms with van der Waals surface area (Å²) < 4.78 is 47.1. The van der Waals surface area contributed by atoms with Crippen molar-refractivity contribution in [1.82, 2.24) is 29.3 Å². The standard InChI is InChI=1S/C40H48FN7O6/c1-7-30-31(41)16-13-24-18-29(52-23-50-6)19-32(33(24)30)53-38-43-35-34(48(38)25-10-8-11-25)36(44-37(42-35)51-22-28-12-9-17-45(28)5)46-20-26-14-15-27(21-46)47(26)39(49)54-40(2,3)4/h1,13,16,18-19,25-28H,8-12,14-15,17,20-23H2,2-6H3/t26?,27?,28-/m0/s1. The Balaban J connectivity index is 1.24. The van der Waals surface area contributed by atoms with Crippen LogP contribution in [0.5, 0.6) is 23.5 Å². The van der Waals surface area contributed by atoms with Crippen LogP contribution in [-0.2, 0) is 9.47 Å². The number of anilines is 1. The van der Waals surface area contributed by atoms with Crippen molar-refractivity contribution in [1.29, 1.82) is 0 Å². The van der Waals surface area contributed by atoms with Gasteiger partial charge in [0.25, 0.3) is 0 Å². The third-order valence-electron chi connectivity index (χ3n) is 11.1. The molecular weight excluding hydrogens is 693 g/mol. The Morgan fingerprint density at radius 3 is 2.43 bits per heavy atom. The molecule has 8 rings (SSSR count). The van der Waals surface area contributed by atoms with E-state index >= 15 is 4.39 Å². The first-order chi connectivity index (χ1) is 26.0. The Morgan fingerprint density at radius 1 is 1.00 bits per heavy atom. The fraction of sp³-hybridized carbons (Fsp3) is 0.550. The predicted octanol–water partition coefficient (Wildman–Crippen LogP) is 6.66. The van der Waals surface area contributed by atoms with E-state index in [1.165, 1.54) is 13.2 Å². The molecule has 2 aromatic carbocycles. The Bertz CT molecular complexity index is 2090. The summed E-state index contributed by atoms with van der Waals surface area (Å²) in [4.78, 5) is 34.8. The van der Waals surface area contributed by atoms with Crippen molar-refractivity contribution in [2.45, 2.75) is 95.5 Å². The van der Waals surface area contributed by atoms with Crippen molar-refractivity contribution in [3.63, 3.8) is 0 Å². The number of terminal acetylenes is 1. The second kappa shape index (κ2) is 14.4. The fourth-order valence-electron chi connectivity index (χ4n) is 8.24. The first-order valence-corrected chi connectivity index (χ1v) is 18.9. The highest BCUT2D eigenvalue weighted by Crippen LogP contribution is 2.45. The summed E-state index contributed by atoms with van der Waals surface area (Å²) in [7, 11) is 3.65. The molecule has 14 heteroatoms. The van der Waals surface area contributed by atoms with Gasteiger partial charge in [-0.05, 0) is 96.8 Å². The number of hydrogen-bond acceptors (Lipinski definition) is 11. The van der Waals surface area contributed by atoms with Crippen LogP contribution in [0.2, 0.25) is 0 Å². The summed E-state index contributed by atoms with van der Waals surface area (Å²) >= 11 is 0. The van der Waals surface area contributed by atoms with Gasteiger partial charge in [-0.25, -0.2) is 9.18 Å². The van der Waals surface area contributed by atoms with Crippen molar-refractivity contribution in [2.24, 2.45) is 0 Å². The van der Waals surface area contributed by atoms with Crippen molar-refractivity contribution in [3.05, 3.63) is 35.6 Å². The van der Waals surface area contributed by atoms with Crippen molar-refractivity contribution < 1.29 is 32.9 Å². The van der Waals surface area contributed by atoms with Crippen LogP contribution in [0.1, 0.15) is 77.3 Å². The number of carbonyl (C=O) groups is 1. The number of aromatic nitrogens is 4. The van der Waals surface area contributed by atoms with Crippen LogP contribution in [-0.4, -0.2) is 106 Å². The number of methoxy groups -OCH3 is 1. The maximum Gasteiger partial charge on any atom is 0.410 e. The second-order valence-electron chi connectivity index (χ2n) is 15.9. The maximum atomic E-state index is 15.2. The van der Waals surface area contributed by atoms with Gasteiger partial charge in [0.05, 0.1) is 17.6 Å². The predicted molar refractivity (Wildman–Crippen MR) is 201 cm³/mol. The number of likely N-dealkylation sites (N-methyl/N-ethyl adjacent to an activating group) is 1. The van der Waals surface area contributed by atoms with Gasteiger partial charge >= 0.3 is 18.1 Å². The molecule has 13 nitrogen and oxygen atoms in total. The Kier molecular flexibility index (Phi) is 9.64. The molecule has 1 saturated carbocycles. The smallest absolute Gasteiger partial charge is 0.410 e. The van der Waals surface area contributed by atoms with E-state index in [4.69, 9.17) is 45.1 Å². The maximum absolute atomic E-state index is 15.2. The van der Waals surface area contributed by atoms with Gasteiger partial charge < -0.3 is 33.5 Å². The molecule has 0 spiro atoms. The van der Waals surface area contributed by atoms with E-state index in [1.54, 1.807) is 18.2 Å². The average molecular weight is 742 g/mol. The summed E-state index contributed by atoms with van der Waals surface area (Å²) in [5, 5.41) is 1.07. The number of carbonyl (C=O) groups excluding carboxylic acids is 1. The number of amides is 1. The van der Waals surface area contributed by atoms with Gasteiger partial charge in [0.15, 0.2) is 18.3 Å². The first-order valence-electron chi connectivity index (χ1n) is 18.9. The zero-order valence-corrected chi connectivity index (χ0v) is 31.6. The molecule has 286 valence electrons. The van der Waals surface area contributed by atoms with Crippen molar-refractivity contribution >= 4 is 33.8 Å². The zero-order valence-electron chi connectivity index (χ0n) is 31.6. The van der Waals surface area contributed by atoms with E-state index in [9.17, 15) is 4.79 Å². The van der Waals surface area contributed by atoms with E-state index in [0.717, 1.165) is 57.0 Å². The number of imidazole rings is 1. The minimum atomic E-state index is -0.592. The van der Waals surface area contributed by atoms with E-state index in [1.807, 2.05) is 25.7 Å². The van der Waals surface area contributed by atoms with Crippen molar-refractivity contribution in [3.8, 4) is 35.9 Å². The Hall–Kier alpha value is -4.87. The lowest BCUT2D eigenvalue weighted by Crippen LogP contribution is -2.57. The minimum absolute atomic E-state index is 0.0102. The molecule has 0 N–H and O–H groups in total. The summed E-state index contributed by atoms with van der Waals surface area (Å²) in [6, 6.07) is 7.19.